The molecule has 1 amide bonds. The highest BCUT2D eigenvalue weighted by Crippen LogP contribution is 2.68. The molecule has 4 rings (SSSR count). The molecule has 37 heavy (non-hydrogen) atoms. The van der Waals surface area contributed by atoms with Gasteiger partial charge in [-0.3, -0.25) is 4.79 Å². The summed E-state index contributed by atoms with van der Waals surface area (Å²) in [6.07, 6.45) is 13.1. The van der Waals surface area contributed by atoms with Gasteiger partial charge in [0.15, 0.2) is 0 Å². The number of rotatable bonds is 12. The standard InChI is InChI=1S/C31H57N3O3/c1-21(7-10-29(37)34-18-6-17-33-16-5-4-15-32)24-8-9-25-23-20-28(36)27-19-22(35)11-13-31(27,3)26(23)12-14-30(24,25)2/h21-28,33,35-36H,4-20,32H2,1-3H3,(H,34,37)/t21-,22-,23+,24-,25+,26+,27+,28+,30-,31-/m0/s1. The smallest absolute Gasteiger partial charge is 0.220 e. The molecule has 6 heteroatoms. The highest BCUT2D eigenvalue weighted by atomic mass is 16.3. The molecule has 10 atom stereocenters. The van der Waals surface area contributed by atoms with E-state index in [0.29, 0.717) is 41.4 Å². The molecule has 0 aromatic rings. The second-order valence-electron chi connectivity index (χ2n) is 13.9. The second-order valence-corrected chi connectivity index (χ2v) is 13.9. The van der Waals surface area contributed by atoms with E-state index in [0.717, 1.165) is 77.5 Å². The SMILES string of the molecule is C[C@@H](CCC(=O)NCCCNCCCCN)[C@@H]1CC[C@@H]2[C@H]3C[C@@H](O)[C@H]4C[C@@H](O)CC[C@@]4(C)[C@@H]3CC[C@]21C. The van der Waals surface area contributed by atoms with E-state index >= 15 is 0 Å². The molecule has 0 aliphatic heterocycles. The molecule has 4 aliphatic rings. The van der Waals surface area contributed by atoms with Gasteiger partial charge in [0.25, 0.3) is 0 Å². The van der Waals surface area contributed by atoms with Crippen LogP contribution in [0.1, 0.15) is 104 Å². The predicted octanol–water partition coefficient (Wildman–Crippen LogP) is 4.23. The largest absolute Gasteiger partial charge is 0.393 e. The van der Waals surface area contributed by atoms with Crippen molar-refractivity contribution in [2.24, 2.45) is 52.1 Å². The van der Waals surface area contributed by atoms with Crippen molar-refractivity contribution in [3.05, 3.63) is 0 Å². The Morgan fingerprint density at radius 1 is 0.919 bits per heavy atom. The molecule has 0 spiro atoms. The number of aliphatic hydroxyl groups is 2. The molecule has 0 aromatic heterocycles. The summed E-state index contributed by atoms with van der Waals surface area (Å²) in [5.74, 6) is 3.72. The minimum Gasteiger partial charge on any atom is -0.393 e. The third-order valence-electron chi connectivity index (χ3n) is 11.9. The summed E-state index contributed by atoms with van der Waals surface area (Å²) in [6, 6.07) is 0. The molecule has 0 bridgehead atoms. The molecule has 0 heterocycles. The fourth-order valence-corrected chi connectivity index (χ4v) is 9.86. The molecule has 4 saturated carbocycles. The minimum atomic E-state index is -0.259. The van der Waals surface area contributed by atoms with Gasteiger partial charge in [0, 0.05) is 13.0 Å². The first-order valence-electron chi connectivity index (χ1n) is 15.7. The van der Waals surface area contributed by atoms with E-state index in [2.05, 4.69) is 31.4 Å². The van der Waals surface area contributed by atoms with E-state index in [1.165, 1.54) is 25.7 Å². The lowest BCUT2D eigenvalue weighted by Crippen LogP contribution is -2.58. The van der Waals surface area contributed by atoms with Crippen LogP contribution in [-0.2, 0) is 4.79 Å². The quantitative estimate of drug-likeness (QED) is 0.248. The summed E-state index contributed by atoms with van der Waals surface area (Å²) in [7, 11) is 0. The maximum Gasteiger partial charge on any atom is 0.220 e. The molecule has 0 unspecified atom stereocenters. The molecule has 6 N–H and O–H groups in total. The zero-order valence-corrected chi connectivity index (χ0v) is 24.0. The minimum absolute atomic E-state index is 0.185. The van der Waals surface area contributed by atoms with Crippen molar-refractivity contribution in [1.82, 2.24) is 10.6 Å². The summed E-state index contributed by atoms with van der Waals surface area (Å²) in [4.78, 5) is 12.5. The van der Waals surface area contributed by atoms with Crippen LogP contribution in [0.4, 0.5) is 0 Å². The lowest BCUT2D eigenvalue weighted by Gasteiger charge is -2.62. The Kier molecular flexibility index (Phi) is 10.0. The fourth-order valence-electron chi connectivity index (χ4n) is 9.86. The number of nitrogens with one attached hydrogen (secondary N) is 2. The number of hydrogen-bond acceptors (Lipinski definition) is 5. The Morgan fingerprint density at radius 2 is 1.65 bits per heavy atom. The van der Waals surface area contributed by atoms with Crippen molar-refractivity contribution in [2.45, 2.75) is 116 Å². The summed E-state index contributed by atoms with van der Waals surface area (Å²) in [5, 5.41) is 28.1. The Labute approximate surface area is 226 Å². The molecule has 0 aromatic carbocycles. The zero-order chi connectivity index (χ0) is 26.6. The van der Waals surface area contributed by atoms with Gasteiger partial charge in [-0.2, -0.15) is 0 Å². The second kappa shape index (κ2) is 12.7. The lowest BCUT2D eigenvalue weighted by molar-refractivity contribution is -0.172. The van der Waals surface area contributed by atoms with Gasteiger partial charge in [0.1, 0.15) is 0 Å². The highest BCUT2D eigenvalue weighted by molar-refractivity contribution is 5.75. The van der Waals surface area contributed by atoms with Gasteiger partial charge in [0.2, 0.25) is 5.91 Å². The van der Waals surface area contributed by atoms with E-state index in [9.17, 15) is 15.0 Å². The predicted molar refractivity (Wildman–Crippen MR) is 150 cm³/mol. The first-order chi connectivity index (χ1) is 17.7. The van der Waals surface area contributed by atoms with E-state index in [1.54, 1.807) is 0 Å². The number of fused-ring (bicyclic) bond motifs is 5. The van der Waals surface area contributed by atoms with Crippen LogP contribution in [0.15, 0.2) is 0 Å². The van der Waals surface area contributed by atoms with Gasteiger partial charge < -0.3 is 26.6 Å². The Balaban J connectivity index is 1.25. The number of unbranched alkanes of at least 4 members (excludes halogenated alkanes) is 1. The average Bonchev–Trinajstić information content (AvgIpc) is 3.23. The number of aliphatic hydroxyl groups excluding tert-OH is 2. The number of amides is 1. The number of hydrogen-bond donors (Lipinski definition) is 5. The van der Waals surface area contributed by atoms with Crippen molar-refractivity contribution in [3.8, 4) is 0 Å². The maximum absolute atomic E-state index is 12.5. The van der Waals surface area contributed by atoms with E-state index in [-0.39, 0.29) is 29.4 Å². The molecular formula is C31H57N3O3. The zero-order valence-electron chi connectivity index (χ0n) is 24.0. The lowest BCUT2D eigenvalue weighted by atomic mass is 9.44. The van der Waals surface area contributed by atoms with Gasteiger partial charge in [-0.25, -0.2) is 0 Å². The molecule has 4 fully saturated rings. The van der Waals surface area contributed by atoms with Gasteiger partial charge in [-0.05, 0) is 143 Å². The van der Waals surface area contributed by atoms with Crippen LogP contribution in [-0.4, -0.2) is 54.5 Å². The molecule has 4 aliphatic carbocycles. The van der Waals surface area contributed by atoms with Crippen LogP contribution < -0.4 is 16.4 Å². The average molecular weight is 520 g/mol. The van der Waals surface area contributed by atoms with Gasteiger partial charge in [-0.1, -0.05) is 20.8 Å². The van der Waals surface area contributed by atoms with Crippen LogP contribution in [0.25, 0.3) is 0 Å². The van der Waals surface area contributed by atoms with E-state index in [1.807, 2.05) is 0 Å². The Morgan fingerprint density at radius 3 is 2.43 bits per heavy atom. The maximum atomic E-state index is 12.5. The third kappa shape index (κ3) is 6.23. The summed E-state index contributed by atoms with van der Waals surface area (Å²) >= 11 is 0. The van der Waals surface area contributed by atoms with Crippen LogP contribution in [0.5, 0.6) is 0 Å². The number of nitrogens with two attached hydrogens (primary N) is 1. The van der Waals surface area contributed by atoms with Gasteiger partial charge >= 0.3 is 0 Å². The highest BCUT2D eigenvalue weighted by Gasteiger charge is 2.62. The molecule has 214 valence electrons. The van der Waals surface area contributed by atoms with Gasteiger partial charge in [-0.15, -0.1) is 0 Å². The van der Waals surface area contributed by atoms with Crippen LogP contribution >= 0.6 is 0 Å². The molecular weight excluding hydrogens is 462 g/mol. The van der Waals surface area contributed by atoms with Crippen molar-refractivity contribution in [3.63, 3.8) is 0 Å². The van der Waals surface area contributed by atoms with E-state index < -0.39 is 0 Å². The number of carbonyl (C=O) groups excluding carboxylic acids is 1. The van der Waals surface area contributed by atoms with Crippen molar-refractivity contribution < 1.29 is 15.0 Å². The monoisotopic (exact) mass is 519 g/mol. The van der Waals surface area contributed by atoms with Crippen LogP contribution in [0.3, 0.4) is 0 Å². The third-order valence-corrected chi connectivity index (χ3v) is 11.9. The van der Waals surface area contributed by atoms with Crippen molar-refractivity contribution >= 4 is 5.91 Å². The Bertz CT molecular complexity index is 749. The summed E-state index contributed by atoms with van der Waals surface area (Å²) in [5.41, 5.74) is 6.05. The van der Waals surface area contributed by atoms with Crippen molar-refractivity contribution in [1.29, 1.82) is 0 Å². The fraction of sp³-hybridized carbons (Fsp3) is 0.968. The summed E-state index contributed by atoms with van der Waals surface area (Å²) < 4.78 is 0. The first kappa shape index (κ1) is 29.3. The van der Waals surface area contributed by atoms with Crippen molar-refractivity contribution in [2.75, 3.05) is 26.2 Å². The molecule has 6 nitrogen and oxygen atoms in total. The van der Waals surface area contributed by atoms with Gasteiger partial charge in [0.05, 0.1) is 12.2 Å². The molecule has 0 radical (unpaired) electrons. The normalized spacial score (nSPS) is 41.9. The molecule has 0 saturated heterocycles. The Hall–Kier alpha value is -0.690. The van der Waals surface area contributed by atoms with E-state index in [4.69, 9.17) is 5.73 Å². The number of carbonyl (C=O) groups is 1. The first-order valence-corrected chi connectivity index (χ1v) is 15.7. The summed E-state index contributed by atoms with van der Waals surface area (Å²) in [6.45, 7) is 10.8. The van der Waals surface area contributed by atoms with Crippen LogP contribution in [0, 0.1) is 46.3 Å². The van der Waals surface area contributed by atoms with Crippen LogP contribution in [0.2, 0.25) is 0 Å². The topological polar surface area (TPSA) is 108 Å².